The largest absolute Gasteiger partial charge is 0.496 e. The monoisotopic (exact) mass is 320 g/mol. The van der Waals surface area contributed by atoms with Crippen molar-refractivity contribution >= 4 is 0 Å². The fourth-order valence-electron chi connectivity index (χ4n) is 2.72. The molecular formula is C19H22F2O2. The fraction of sp³-hybridized carbons (Fsp3) is 0.368. The smallest absolute Gasteiger partial charge is 0.126 e. The zero-order valence-electron chi connectivity index (χ0n) is 13.8. The number of halogens is 2. The molecule has 0 fully saturated rings. The molecule has 0 unspecified atom stereocenters. The van der Waals surface area contributed by atoms with Crippen LogP contribution < -0.4 is 9.47 Å². The number of ether oxygens (including phenoxy) is 2. The predicted octanol–water partition coefficient (Wildman–Crippen LogP) is 4.72. The first kappa shape index (κ1) is 17.3. The Morgan fingerprint density at radius 1 is 0.739 bits per heavy atom. The first-order valence-corrected chi connectivity index (χ1v) is 7.76. The van der Waals surface area contributed by atoms with Gasteiger partial charge in [0.1, 0.15) is 23.1 Å². The summed E-state index contributed by atoms with van der Waals surface area (Å²) in [5.41, 5.74) is 2.71. The van der Waals surface area contributed by atoms with Crippen molar-refractivity contribution in [3.63, 3.8) is 0 Å². The molecule has 0 spiro atoms. The summed E-state index contributed by atoms with van der Waals surface area (Å²) in [6, 6.07) is 7.56. The number of methoxy groups -OCH3 is 2. The second-order valence-electron chi connectivity index (χ2n) is 5.51. The van der Waals surface area contributed by atoms with Crippen LogP contribution in [-0.4, -0.2) is 14.2 Å². The molecule has 0 aliphatic rings. The number of rotatable bonds is 7. The Bertz CT molecular complexity index is 623. The molecule has 0 aromatic heterocycles. The summed E-state index contributed by atoms with van der Waals surface area (Å²) in [6.07, 6.45) is 3.08. The zero-order chi connectivity index (χ0) is 16.8. The first-order chi connectivity index (χ1) is 11.1. The Morgan fingerprint density at radius 2 is 1.22 bits per heavy atom. The van der Waals surface area contributed by atoms with Crippen LogP contribution in [0.1, 0.15) is 30.0 Å². The van der Waals surface area contributed by atoms with E-state index in [0.717, 1.165) is 41.5 Å². The predicted molar refractivity (Wildman–Crippen MR) is 87.3 cm³/mol. The second kappa shape index (κ2) is 7.95. The number of benzene rings is 2. The maximum atomic E-state index is 13.2. The van der Waals surface area contributed by atoms with E-state index in [1.807, 2.05) is 12.1 Å². The van der Waals surface area contributed by atoms with Gasteiger partial charge in [0.15, 0.2) is 0 Å². The van der Waals surface area contributed by atoms with Gasteiger partial charge < -0.3 is 9.47 Å². The maximum Gasteiger partial charge on any atom is 0.126 e. The van der Waals surface area contributed by atoms with E-state index in [9.17, 15) is 8.78 Å². The molecule has 0 saturated carbocycles. The van der Waals surface area contributed by atoms with Gasteiger partial charge in [0.05, 0.1) is 14.2 Å². The third-order valence-corrected chi connectivity index (χ3v) is 3.79. The molecule has 2 aromatic carbocycles. The molecule has 2 aromatic rings. The molecule has 124 valence electrons. The lowest BCUT2D eigenvalue weighted by atomic mass is 9.99. The average Bonchev–Trinajstić information content (AvgIpc) is 2.52. The Kier molecular flexibility index (Phi) is 5.97. The van der Waals surface area contributed by atoms with Gasteiger partial charge >= 0.3 is 0 Å². The Hall–Kier alpha value is -2.10. The fourth-order valence-corrected chi connectivity index (χ4v) is 2.72. The summed E-state index contributed by atoms with van der Waals surface area (Å²) in [5.74, 6) is 0.500. The minimum atomic E-state index is -0.548. The van der Waals surface area contributed by atoms with Crippen LogP contribution in [0.5, 0.6) is 11.5 Å². The molecule has 23 heavy (non-hydrogen) atoms. The molecule has 4 heteroatoms. The molecule has 0 saturated heterocycles. The van der Waals surface area contributed by atoms with Crippen LogP contribution in [0.25, 0.3) is 0 Å². The average molecular weight is 320 g/mol. The standard InChI is InChI=1S/C19H22F2O2/c1-4-5-17-18(22-2)10-14(11-19(17)23-3)7-6-13-8-15(20)12-16(21)9-13/h8-12H,4-7H2,1-3H3. The van der Waals surface area contributed by atoms with Gasteiger partial charge in [-0.1, -0.05) is 13.3 Å². The molecule has 0 aliphatic heterocycles. The quantitative estimate of drug-likeness (QED) is 0.735. The molecular weight excluding hydrogens is 298 g/mol. The molecule has 0 amide bonds. The third-order valence-electron chi connectivity index (χ3n) is 3.79. The number of aryl methyl sites for hydroxylation is 2. The van der Waals surface area contributed by atoms with E-state index in [4.69, 9.17) is 9.47 Å². The van der Waals surface area contributed by atoms with Crippen molar-refractivity contribution in [1.29, 1.82) is 0 Å². The van der Waals surface area contributed by atoms with Gasteiger partial charge in [-0.15, -0.1) is 0 Å². The van der Waals surface area contributed by atoms with E-state index in [0.29, 0.717) is 18.4 Å². The highest BCUT2D eigenvalue weighted by Crippen LogP contribution is 2.32. The van der Waals surface area contributed by atoms with Crippen molar-refractivity contribution in [2.24, 2.45) is 0 Å². The van der Waals surface area contributed by atoms with E-state index in [-0.39, 0.29) is 0 Å². The summed E-state index contributed by atoms with van der Waals surface area (Å²) < 4.78 is 37.4. The molecule has 0 heterocycles. The van der Waals surface area contributed by atoms with Crippen LogP contribution in [0.15, 0.2) is 30.3 Å². The highest BCUT2D eigenvalue weighted by atomic mass is 19.1. The second-order valence-corrected chi connectivity index (χ2v) is 5.51. The molecule has 0 aliphatic carbocycles. The summed E-state index contributed by atoms with van der Waals surface area (Å²) in [7, 11) is 3.28. The van der Waals surface area contributed by atoms with Crippen LogP contribution >= 0.6 is 0 Å². The van der Waals surface area contributed by atoms with E-state index >= 15 is 0 Å². The normalized spacial score (nSPS) is 10.7. The maximum absolute atomic E-state index is 13.2. The van der Waals surface area contributed by atoms with Gasteiger partial charge in [-0.25, -0.2) is 8.78 Å². The highest BCUT2D eigenvalue weighted by Gasteiger charge is 2.12. The molecule has 2 rings (SSSR count). The summed E-state index contributed by atoms with van der Waals surface area (Å²) in [4.78, 5) is 0. The number of hydrogen-bond acceptors (Lipinski definition) is 2. The van der Waals surface area contributed by atoms with Crippen LogP contribution in [-0.2, 0) is 19.3 Å². The van der Waals surface area contributed by atoms with Gasteiger partial charge in [0.2, 0.25) is 0 Å². The van der Waals surface area contributed by atoms with Crippen LogP contribution in [0.2, 0.25) is 0 Å². The zero-order valence-corrected chi connectivity index (χ0v) is 13.8. The Balaban J connectivity index is 2.22. The van der Waals surface area contributed by atoms with Crippen molar-refractivity contribution in [2.45, 2.75) is 32.6 Å². The molecule has 0 atom stereocenters. The lowest BCUT2D eigenvalue weighted by Gasteiger charge is -2.15. The van der Waals surface area contributed by atoms with Crippen LogP contribution in [0, 0.1) is 11.6 Å². The topological polar surface area (TPSA) is 18.5 Å². The van der Waals surface area contributed by atoms with Crippen LogP contribution in [0.3, 0.4) is 0 Å². The minimum absolute atomic E-state index is 0.548. The van der Waals surface area contributed by atoms with Gasteiger partial charge in [-0.3, -0.25) is 0 Å². The third kappa shape index (κ3) is 4.44. The molecule has 0 bridgehead atoms. The van der Waals surface area contributed by atoms with Gasteiger partial charge in [-0.05, 0) is 54.7 Å². The van der Waals surface area contributed by atoms with Gasteiger partial charge in [0, 0.05) is 11.6 Å². The van der Waals surface area contributed by atoms with Crippen molar-refractivity contribution in [2.75, 3.05) is 14.2 Å². The summed E-state index contributed by atoms with van der Waals surface area (Å²) in [6.45, 7) is 2.10. The summed E-state index contributed by atoms with van der Waals surface area (Å²) in [5, 5.41) is 0. The molecule has 0 radical (unpaired) electrons. The van der Waals surface area contributed by atoms with Crippen molar-refractivity contribution < 1.29 is 18.3 Å². The minimum Gasteiger partial charge on any atom is -0.496 e. The van der Waals surface area contributed by atoms with Crippen molar-refractivity contribution in [3.8, 4) is 11.5 Å². The van der Waals surface area contributed by atoms with Gasteiger partial charge in [-0.2, -0.15) is 0 Å². The number of hydrogen-bond donors (Lipinski definition) is 0. The van der Waals surface area contributed by atoms with Crippen molar-refractivity contribution in [1.82, 2.24) is 0 Å². The van der Waals surface area contributed by atoms with Crippen molar-refractivity contribution in [3.05, 3.63) is 58.7 Å². The highest BCUT2D eigenvalue weighted by molar-refractivity contribution is 5.48. The van der Waals surface area contributed by atoms with E-state index < -0.39 is 11.6 Å². The van der Waals surface area contributed by atoms with E-state index in [2.05, 4.69) is 6.92 Å². The van der Waals surface area contributed by atoms with Crippen LogP contribution in [0.4, 0.5) is 8.78 Å². The molecule has 2 nitrogen and oxygen atoms in total. The lowest BCUT2D eigenvalue weighted by molar-refractivity contribution is 0.384. The first-order valence-electron chi connectivity index (χ1n) is 7.76. The van der Waals surface area contributed by atoms with Gasteiger partial charge in [0.25, 0.3) is 0 Å². The molecule has 0 N–H and O–H groups in total. The van der Waals surface area contributed by atoms with E-state index in [1.54, 1.807) is 14.2 Å². The Labute approximate surface area is 136 Å². The lowest BCUT2D eigenvalue weighted by Crippen LogP contribution is -2.00. The Morgan fingerprint density at radius 3 is 1.65 bits per heavy atom. The SMILES string of the molecule is CCCc1c(OC)cc(CCc2cc(F)cc(F)c2)cc1OC. The summed E-state index contributed by atoms with van der Waals surface area (Å²) >= 11 is 0. The van der Waals surface area contributed by atoms with E-state index in [1.165, 1.54) is 12.1 Å².